The predicted molar refractivity (Wildman–Crippen MR) is 137 cm³/mol. The minimum atomic E-state index is -3.95. The number of anilines is 1. The highest BCUT2D eigenvalue weighted by molar-refractivity contribution is 7.92. The normalized spacial score (nSPS) is 11.3. The number of hydrogen-bond donors (Lipinski definition) is 1. The van der Waals surface area contributed by atoms with Crippen LogP contribution in [0.15, 0.2) is 90.1 Å². The minimum Gasteiger partial charge on any atom is -0.350 e. The fraction of sp³-hybridized carbons (Fsp3) is 0.185. The third kappa shape index (κ3) is 5.44. The number of nitrogens with zero attached hydrogens (tertiary/aromatic N) is 3. The van der Waals surface area contributed by atoms with Crippen molar-refractivity contribution in [3.63, 3.8) is 0 Å². The van der Waals surface area contributed by atoms with Crippen molar-refractivity contribution < 1.29 is 13.2 Å². The number of sulfonamides is 1. The summed E-state index contributed by atoms with van der Waals surface area (Å²) in [6, 6.07) is 21.5. The van der Waals surface area contributed by atoms with Gasteiger partial charge in [0.25, 0.3) is 10.0 Å². The Bertz CT molecular complexity index is 1440. The molecule has 3 aromatic carbocycles. The van der Waals surface area contributed by atoms with Crippen LogP contribution in [0.4, 0.5) is 5.69 Å². The molecule has 0 unspecified atom stereocenters. The van der Waals surface area contributed by atoms with E-state index in [4.69, 9.17) is 0 Å². The number of aryl methyl sites for hydroxylation is 3. The molecule has 35 heavy (non-hydrogen) atoms. The molecule has 180 valence electrons. The zero-order chi connectivity index (χ0) is 25.0. The number of aromatic nitrogens is 2. The first kappa shape index (κ1) is 24.2. The number of carbonyl (C=O) groups excluding carboxylic acids is 1. The van der Waals surface area contributed by atoms with Crippen molar-refractivity contribution in [3.8, 4) is 5.69 Å². The van der Waals surface area contributed by atoms with Gasteiger partial charge in [0.15, 0.2) is 0 Å². The molecule has 1 N–H and O–H groups in total. The van der Waals surface area contributed by atoms with Gasteiger partial charge in [-0.25, -0.2) is 13.4 Å². The molecule has 0 saturated heterocycles. The molecule has 1 aromatic heterocycles. The molecule has 0 fully saturated rings. The van der Waals surface area contributed by atoms with Crippen LogP contribution in [0.5, 0.6) is 0 Å². The van der Waals surface area contributed by atoms with E-state index in [1.807, 2.05) is 61.9 Å². The van der Waals surface area contributed by atoms with Gasteiger partial charge in [-0.05, 0) is 62.2 Å². The second kappa shape index (κ2) is 10.1. The summed E-state index contributed by atoms with van der Waals surface area (Å²) < 4.78 is 30.2. The summed E-state index contributed by atoms with van der Waals surface area (Å²) in [5.41, 5.74) is 4.10. The van der Waals surface area contributed by atoms with Crippen LogP contribution in [0.1, 0.15) is 22.5 Å². The van der Waals surface area contributed by atoms with E-state index in [2.05, 4.69) is 10.3 Å². The topological polar surface area (TPSA) is 84.3 Å². The summed E-state index contributed by atoms with van der Waals surface area (Å²) in [5.74, 6) is 0.429. The van der Waals surface area contributed by atoms with Gasteiger partial charge in [0.05, 0.1) is 16.3 Å². The van der Waals surface area contributed by atoms with E-state index in [0.717, 1.165) is 32.5 Å². The Morgan fingerprint density at radius 2 is 1.69 bits per heavy atom. The fourth-order valence-electron chi connectivity index (χ4n) is 3.84. The summed E-state index contributed by atoms with van der Waals surface area (Å²) in [6.07, 6.45) is 3.59. The van der Waals surface area contributed by atoms with E-state index in [0.29, 0.717) is 5.69 Å². The average Bonchev–Trinajstić information content (AvgIpc) is 3.27. The molecule has 0 aliphatic rings. The maximum atomic E-state index is 13.5. The summed E-state index contributed by atoms with van der Waals surface area (Å²) >= 11 is 0. The Kier molecular flexibility index (Phi) is 7.02. The van der Waals surface area contributed by atoms with Gasteiger partial charge in [0, 0.05) is 18.9 Å². The van der Waals surface area contributed by atoms with Crippen LogP contribution in [0.2, 0.25) is 0 Å². The molecule has 4 rings (SSSR count). The number of carbonyl (C=O) groups is 1. The second-order valence-electron chi connectivity index (χ2n) is 8.41. The highest BCUT2D eigenvalue weighted by atomic mass is 32.2. The quantitative estimate of drug-likeness (QED) is 0.401. The van der Waals surface area contributed by atoms with Gasteiger partial charge in [-0.3, -0.25) is 9.10 Å². The van der Waals surface area contributed by atoms with Crippen molar-refractivity contribution in [2.24, 2.45) is 0 Å². The summed E-state index contributed by atoms with van der Waals surface area (Å²) in [4.78, 5) is 17.5. The van der Waals surface area contributed by atoms with E-state index in [1.165, 1.54) is 0 Å². The smallest absolute Gasteiger partial charge is 0.264 e. The maximum Gasteiger partial charge on any atom is 0.264 e. The first-order chi connectivity index (χ1) is 16.8. The van der Waals surface area contributed by atoms with Crippen molar-refractivity contribution in [3.05, 3.63) is 108 Å². The summed E-state index contributed by atoms with van der Waals surface area (Å²) in [6.45, 7) is 5.59. The zero-order valence-corrected chi connectivity index (χ0v) is 20.8. The van der Waals surface area contributed by atoms with E-state index in [9.17, 15) is 13.2 Å². The van der Waals surface area contributed by atoms with Crippen LogP contribution >= 0.6 is 0 Å². The Labute approximate surface area is 206 Å². The van der Waals surface area contributed by atoms with Gasteiger partial charge in [-0.2, -0.15) is 0 Å². The van der Waals surface area contributed by atoms with Crippen LogP contribution < -0.4 is 9.62 Å². The number of para-hydroxylation sites is 1. The SMILES string of the molecule is Cc1ccc(S(=O)(=O)N(CC(=O)NCc2ccccc2-n2ccnc2C)c2cccc(C)c2)cc1. The first-order valence-electron chi connectivity index (χ1n) is 11.3. The van der Waals surface area contributed by atoms with Crippen molar-refractivity contribution in [1.82, 2.24) is 14.9 Å². The van der Waals surface area contributed by atoms with Crippen molar-refractivity contribution >= 4 is 21.6 Å². The van der Waals surface area contributed by atoms with Crippen LogP contribution in [0, 0.1) is 20.8 Å². The van der Waals surface area contributed by atoms with E-state index >= 15 is 0 Å². The lowest BCUT2D eigenvalue weighted by Crippen LogP contribution is -2.40. The van der Waals surface area contributed by atoms with Gasteiger partial charge in [-0.15, -0.1) is 0 Å². The molecule has 8 heteroatoms. The third-order valence-corrected chi connectivity index (χ3v) is 7.53. The number of imidazole rings is 1. The average molecular weight is 489 g/mol. The van der Waals surface area contributed by atoms with Crippen molar-refractivity contribution in [2.75, 3.05) is 10.8 Å². The second-order valence-corrected chi connectivity index (χ2v) is 10.3. The Hall–Kier alpha value is -3.91. The molecule has 1 heterocycles. The molecule has 4 aromatic rings. The van der Waals surface area contributed by atoms with E-state index < -0.39 is 15.9 Å². The standard InChI is InChI=1S/C27H28N4O3S/c1-20-11-13-25(14-12-20)35(33,34)31(24-9-6-7-21(2)17-24)19-27(32)29-18-23-8-4-5-10-26(23)30-16-15-28-22(30)3/h4-17H,18-19H2,1-3H3,(H,29,32). The van der Waals surface area contributed by atoms with Gasteiger partial charge in [-0.1, -0.05) is 48.0 Å². The molecule has 0 radical (unpaired) electrons. The van der Waals surface area contributed by atoms with Crippen molar-refractivity contribution in [1.29, 1.82) is 0 Å². The van der Waals surface area contributed by atoms with Gasteiger partial charge < -0.3 is 9.88 Å². The van der Waals surface area contributed by atoms with Gasteiger partial charge >= 0.3 is 0 Å². The van der Waals surface area contributed by atoms with Crippen LogP contribution in [-0.4, -0.2) is 30.4 Å². The molecular formula is C27H28N4O3S. The highest BCUT2D eigenvalue weighted by Gasteiger charge is 2.27. The first-order valence-corrected chi connectivity index (χ1v) is 12.7. The lowest BCUT2D eigenvalue weighted by molar-refractivity contribution is -0.119. The number of benzene rings is 3. The molecule has 0 atom stereocenters. The molecule has 0 aliphatic heterocycles. The molecular weight excluding hydrogens is 460 g/mol. The van der Waals surface area contributed by atoms with E-state index in [1.54, 1.807) is 48.7 Å². The summed E-state index contributed by atoms with van der Waals surface area (Å²) in [7, 11) is -3.95. The monoisotopic (exact) mass is 488 g/mol. The Morgan fingerprint density at radius 1 is 0.943 bits per heavy atom. The lowest BCUT2D eigenvalue weighted by Gasteiger charge is -2.24. The lowest BCUT2D eigenvalue weighted by atomic mass is 10.1. The number of hydrogen-bond acceptors (Lipinski definition) is 4. The molecule has 7 nitrogen and oxygen atoms in total. The number of amides is 1. The number of rotatable bonds is 8. The number of nitrogens with one attached hydrogen (secondary N) is 1. The van der Waals surface area contributed by atoms with Crippen LogP contribution in [0.3, 0.4) is 0 Å². The van der Waals surface area contributed by atoms with Crippen LogP contribution in [0.25, 0.3) is 5.69 Å². The largest absolute Gasteiger partial charge is 0.350 e. The van der Waals surface area contributed by atoms with Gasteiger partial charge in [0.2, 0.25) is 5.91 Å². The maximum absolute atomic E-state index is 13.5. The van der Waals surface area contributed by atoms with E-state index in [-0.39, 0.29) is 18.0 Å². The predicted octanol–water partition coefficient (Wildman–Crippen LogP) is 4.31. The van der Waals surface area contributed by atoms with Gasteiger partial charge in [0.1, 0.15) is 12.4 Å². The molecule has 0 aliphatic carbocycles. The molecule has 0 bridgehead atoms. The summed E-state index contributed by atoms with van der Waals surface area (Å²) in [5, 5.41) is 2.89. The molecule has 0 spiro atoms. The van der Waals surface area contributed by atoms with Crippen LogP contribution in [-0.2, 0) is 21.4 Å². The zero-order valence-electron chi connectivity index (χ0n) is 20.0. The highest BCUT2D eigenvalue weighted by Crippen LogP contribution is 2.25. The Morgan fingerprint density at radius 3 is 2.37 bits per heavy atom. The fourth-order valence-corrected chi connectivity index (χ4v) is 5.26. The Balaban J connectivity index is 1.58. The molecule has 0 saturated carbocycles. The molecule has 1 amide bonds. The third-order valence-electron chi connectivity index (χ3n) is 5.74. The van der Waals surface area contributed by atoms with Crippen molar-refractivity contribution in [2.45, 2.75) is 32.2 Å². The minimum absolute atomic E-state index is 0.137.